The molecule has 0 heterocycles. The molecule has 0 amide bonds. The second-order valence-corrected chi connectivity index (χ2v) is 5.56. The quantitative estimate of drug-likeness (QED) is 0.584. The van der Waals surface area contributed by atoms with Gasteiger partial charge < -0.3 is 5.11 Å². The van der Waals surface area contributed by atoms with Gasteiger partial charge in [0.05, 0.1) is 15.9 Å². The normalized spacial score (nSPS) is 13.2. The summed E-state index contributed by atoms with van der Waals surface area (Å²) < 4.78 is 25.8. The molecular formula is C10H14N2O5S. The third-order valence-corrected chi connectivity index (χ3v) is 3.65. The van der Waals surface area contributed by atoms with Crippen molar-refractivity contribution in [2.75, 3.05) is 6.54 Å². The van der Waals surface area contributed by atoms with Crippen molar-refractivity contribution in [3.63, 3.8) is 0 Å². The van der Waals surface area contributed by atoms with Crippen LogP contribution in [0.2, 0.25) is 0 Å². The zero-order valence-corrected chi connectivity index (χ0v) is 10.6. The highest BCUT2D eigenvalue weighted by atomic mass is 32.2. The minimum absolute atomic E-state index is 0.0721. The summed E-state index contributed by atoms with van der Waals surface area (Å²) in [5.41, 5.74) is -0.284. The smallest absolute Gasteiger partial charge is 0.270 e. The van der Waals surface area contributed by atoms with Gasteiger partial charge >= 0.3 is 0 Å². The second-order valence-electron chi connectivity index (χ2n) is 3.79. The van der Waals surface area contributed by atoms with Gasteiger partial charge in [-0.3, -0.25) is 10.1 Å². The molecule has 1 aromatic rings. The van der Waals surface area contributed by atoms with Gasteiger partial charge in [0.1, 0.15) is 0 Å². The van der Waals surface area contributed by atoms with Gasteiger partial charge in [0.25, 0.3) is 5.69 Å². The standard InChI is InChI=1S/C10H14N2O5S/c1-8(13)5-6-11-18(16,17)10-4-2-3-9(7-10)12(14)15/h2-4,7-8,11,13H,5-6H2,1H3. The molecule has 0 fully saturated rings. The van der Waals surface area contributed by atoms with E-state index in [1.807, 2.05) is 0 Å². The van der Waals surface area contributed by atoms with Crippen LogP contribution in [0.5, 0.6) is 0 Å². The number of benzene rings is 1. The lowest BCUT2D eigenvalue weighted by molar-refractivity contribution is -0.385. The first kappa shape index (κ1) is 14.6. The molecule has 18 heavy (non-hydrogen) atoms. The summed E-state index contributed by atoms with van der Waals surface area (Å²) in [6, 6.07) is 4.79. The molecule has 0 aliphatic rings. The number of hydrogen-bond donors (Lipinski definition) is 2. The minimum Gasteiger partial charge on any atom is -0.393 e. The number of sulfonamides is 1. The van der Waals surface area contributed by atoms with E-state index in [9.17, 15) is 18.5 Å². The van der Waals surface area contributed by atoms with Crippen molar-refractivity contribution in [3.8, 4) is 0 Å². The van der Waals surface area contributed by atoms with Crippen LogP contribution < -0.4 is 4.72 Å². The van der Waals surface area contributed by atoms with Crippen LogP contribution >= 0.6 is 0 Å². The first-order valence-corrected chi connectivity index (χ1v) is 6.73. The topological polar surface area (TPSA) is 110 Å². The molecule has 1 unspecified atom stereocenters. The number of non-ortho nitro benzene ring substituents is 1. The zero-order valence-electron chi connectivity index (χ0n) is 9.74. The Kier molecular flexibility index (Phi) is 4.76. The first-order valence-electron chi connectivity index (χ1n) is 5.25. The van der Waals surface area contributed by atoms with Crippen LogP contribution in [0.4, 0.5) is 5.69 Å². The molecule has 0 bridgehead atoms. The minimum atomic E-state index is -3.78. The Morgan fingerprint density at radius 2 is 2.17 bits per heavy atom. The van der Waals surface area contributed by atoms with Gasteiger partial charge in [-0.25, -0.2) is 13.1 Å². The third kappa shape index (κ3) is 4.06. The Morgan fingerprint density at radius 1 is 1.50 bits per heavy atom. The highest BCUT2D eigenvalue weighted by molar-refractivity contribution is 7.89. The second kappa shape index (κ2) is 5.89. The van der Waals surface area contributed by atoms with Gasteiger partial charge in [-0.15, -0.1) is 0 Å². The van der Waals surface area contributed by atoms with Crippen molar-refractivity contribution in [1.29, 1.82) is 0 Å². The Labute approximate surface area is 105 Å². The average Bonchev–Trinajstić information content (AvgIpc) is 2.28. The highest BCUT2D eigenvalue weighted by Gasteiger charge is 2.17. The maximum Gasteiger partial charge on any atom is 0.270 e. The molecule has 7 nitrogen and oxygen atoms in total. The molecule has 100 valence electrons. The third-order valence-electron chi connectivity index (χ3n) is 2.19. The maximum absolute atomic E-state index is 11.8. The molecule has 0 saturated carbocycles. The van der Waals surface area contributed by atoms with Crippen molar-refractivity contribution < 1.29 is 18.4 Å². The summed E-state index contributed by atoms with van der Waals surface area (Å²) in [6.45, 7) is 1.62. The van der Waals surface area contributed by atoms with E-state index in [0.29, 0.717) is 0 Å². The van der Waals surface area contributed by atoms with Crippen molar-refractivity contribution >= 4 is 15.7 Å². The maximum atomic E-state index is 11.8. The molecule has 0 aromatic heterocycles. The van der Waals surface area contributed by atoms with Crippen LogP contribution in [0.3, 0.4) is 0 Å². The molecule has 2 N–H and O–H groups in total. The fourth-order valence-corrected chi connectivity index (χ4v) is 2.34. The van der Waals surface area contributed by atoms with Gasteiger partial charge in [-0.1, -0.05) is 6.07 Å². The van der Waals surface area contributed by atoms with Gasteiger partial charge in [0.2, 0.25) is 10.0 Å². The van der Waals surface area contributed by atoms with Crippen LogP contribution in [-0.4, -0.2) is 31.1 Å². The Balaban J connectivity index is 2.85. The summed E-state index contributed by atoms with van der Waals surface area (Å²) in [4.78, 5) is 9.72. The Hall–Kier alpha value is -1.51. The summed E-state index contributed by atoms with van der Waals surface area (Å²) in [6.07, 6.45) is -0.341. The van der Waals surface area contributed by atoms with Crippen molar-refractivity contribution in [1.82, 2.24) is 4.72 Å². The van der Waals surface area contributed by atoms with Crippen LogP contribution in [0.1, 0.15) is 13.3 Å². The molecule has 8 heteroatoms. The monoisotopic (exact) mass is 274 g/mol. The summed E-state index contributed by atoms with van der Waals surface area (Å²) >= 11 is 0. The fraction of sp³-hybridized carbons (Fsp3) is 0.400. The van der Waals surface area contributed by atoms with Gasteiger partial charge in [-0.05, 0) is 19.4 Å². The largest absolute Gasteiger partial charge is 0.393 e. The van der Waals surface area contributed by atoms with Gasteiger partial charge in [0, 0.05) is 18.7 Å². The summed E-state index contributed by atoms with van der Waals surface area (Å²) in [5, 5.41) is 19.6. The van der Waals surface area contributed by atoms with Gasteiger partial charge in [-0.2, -0.15) is 0 Å². The van der Waals surface area contributed by atoms with Crippen molar-refractivity contribution in [2.45, 2.75) is 24.3 Å². The Morgan fingerprint density at radius 3 is 2.72 bits per heavy atom. The number of rotatable bonds is 6. The number of aliphatic hydroxyl groups is 1. The lowest BCUT2D eigenvalue weighted by Crippen LogP contribution is -2.26. The number of nitro benzene ring substituents is 1. The van der Waals surface area contributed by atoms with E-state index < -0.39 is 21.1 Å². The van der Waals surface area contributed by atoms with Crippen LogP contribution in [0, 0.1) is 10.1 Å². The Bertz CT molecular complexity index is 527. The molecule has 0 spiro atoms. The number of aliphatic hydroxyl groups excluding tert-OH is 1. The molecule has 1 rings (SSSR count). The van der Waals surface area contributed by atoms with Gasteiger partial charge in [0.15, 0.2) is 0 Å². The zero-order chi connectivity index (χ0) is 13.8. The number of nitro groups is 1. The lowest BCUT2D eigenvalue weighted by Gasteiger charge is -2.07. The molecule has 1 atom stereocenters. The van der Waals surface area contributed by atoms with E-state index >= 15 is 0 Å². The predicted molar refractivity (Wildman–Crippen MR) is 64.6 cm³/mol. The van der Waals surface area contributed by atoms with E-state index in [4.69, 9.17) is 5.11 Å². The summed E-state index contributed by atoms with van der Waals surface area (Å²) in [5.74, 6) is 0. The average molecular weight is 274 g/mol. The number of nitrogens with zero attached hydrogens (tertiary/aromatic N) is 1. The van der Waals surface area contributed by atoms with E-state index in [-0.39, 0.29) is 23.5 Å². The predicted octanol–water partition coefficient (Wildman–Crippen LogP) is 0.644. The first-order chi connectivity index (χ1) is 8.33. The van der Waals surface area contributed by atoms with Crippen molar-refractivity contribution in [2.24, 2.45) is 0 Å². The van der Waals surface area contributed by atoms with Crippen LogP contribution in [0.25, 0.3) is 0 Å². The molecule has 0 aliphatic carbocycles. The number of hydrogen-bond acceptors (Lipinski definition) is 5. The fourth-order valence-electron chi connectivity index (χ4n) is 1.25. The molecule has 0 aliphatic heterocycles. The number of nitrogens with one attached hydrogen (secondary N) is 1. The SMILES string of the molecule is CC(O)CCNS(=O)(=O)c1cccc([N+](=O)[O-])c1. The van der Waals surface area contributed by atoms with E-state index in [2.05, 4.69) is 4.72 Å². The van der Waals surface area contributed by atoms with Crippen molar-refractivity contribution in [3.05, 3.63) is 34.4 Å². The molecule has 1 aromatic carbocycles. The van der Waals surface area contributed by atoms with E-state index in [0.717, 1.165) is 6.07 Å². The van der Waals surface area contributed by atoms with E-state index in [1.165, 1.54) is 18.2 Å². The summed E-state index contributed by atoms with van der Waals surface area (Å²) in [7, 11) is -3.78. The molecular weight excluding hydrogens is 260 g/mol. The van der Waals surface area contributed by atoms with Crippen LogP contribution in [-0.2, 0) is 10.0 Å². The lowest BCUT2D eigenvalue weighted by atomic mass is 10.3. The highest BCUT2D eigenvalue weighted by Crippen LogP contribution is 2.16. The van der Waals surface area contributed by atoms with E-state index in [1.54, 1.807) is 6.92 Å². The molecule has 0 radical (unpaired) electrons. The molecule has 0 saturated heterocycles. The van der Waals surface area contributed by atoms with Crippen LogP contribution in [0.15, 0.2) is 29.2 Å².